The monoisotopic (exact) mass is 199 g/mol. The molecular weight excluding hydrogens is 178 g/mol. The van der Waals surface area contributed by atoms with Gasteiger partial charge in [-0.15, -0.1) is 0 Å². The van der Waals surface area contributed by atoms with Gasteiger partial charge in [0.25, 0.3) is 0 Å². The predicted molar refractivity (Wildman–Crippen MR) is 56.1 cm³/mol. The largest absolute Gasteiger partial charge is 0.468 e. The molecular formula is C11H21NO2. The lowest BCUT2D eigenvalue weighted by atomic mass is 10.1. The van der Waals surface area contributed by atoms with E-state index in [1.54, 1.807) is 0 Å². The quantitative estimate of drug-likeness (QED) is 0.647. The molecule has 0 spiro atoms. The first-order valence-electron chi connectivity index (χ1n) is 5.61. The Morgan fingerprint density at radius 3 is 2.50 bits per heavy atom. The molecule has 0 aliphatic carbocycles. The molecule has 0 amide bonds. The average molecular weight is 199 g/mol. The molecule has 0 radical (unpaired) electrons. The molecule has 3 nitrogen and oxygen atoms in total. The molecule has 1 heterocycles. The summed E-state index contributed by atoms with van der Waals surface area (Å²) >= 11 is 0. The van der Waals surface area contributed by atoms with Crippen molar-refractivity contribution in [1.82, 2.24) is 4.90 Å². The minimum atomic E-state index is -0.0613. The number of ether oxygens (including phenoxy) is 1. The molecule has 0 aromatic carbocycles. The first-order chi connectivity index (χ1) is 6.79. The Balaban J connectivity index is 2.50. The third-order valence-electron chi connectivity index (χ3n) is 2.87. The van der Waals surface area contributed by atoms with Crippen LogP contribution in [0.5, 0.6) is 0 Å². The molecule has 1 atom stereocenters. The van der Waals surface area contributed by atoms with Crippen molar-refractivity contribution in [2.24, 2.45) is 0 Å². The van der Waals surface area contributed by atoms with E-state index < -0.39 is 0 Å². The summed E-state index contributed by atoms with van der Waals surface area (Å²) < 4.78 is 4.84. The number of nitrogens with zero attached hydrogens (tertiary/aromatic N) is 1. The van der Waals surface area contributed by atoms with E-state index in [0.29, 0.717) is 0 Å². The van der Waals surface area contributed by atoms with Gasteiger partial charge in [0.1, 0.15) is 6.04 Å². The maximum absolute atomic E-state index is 11.5. The van der Waals surface area contributed by atoms with Crippen molar-refractivity contribution in [3.8, 4) is 0 Å². The SMILES string of the molecule is CCCC(C(=O)OC)N1CCCCC1. The number of carbonyl (C=O) groups excluding carboxylic acids is 1. The van der Waals surface area contributed by atoms with Gasteiger partial charge >= 0.3 is 5.97 Å². The Labute approximate surface area is 86.4 Å². The van der Waals surface area contributed by atoms with Crippen LogP contribution in [-0.4, -0.2) is 37.1 Å². The van der Waals surface area contributed by atoms with Crippen LogP contribution in [-0.2, 0) is 9.53 Å². The highest BCUT2D eigenvalue weighted by atomic mass is 16.5. The minimum absolute atomic E-state index is 0.00491. The van der Waals surface area contributed by atoms with Gasteiger partial charge in [-0.2, -0.15) is 0 Å². The van der Waals surface area contributed by atoms with E-state index in [4.69, 9.17) is 4.74 Å². The maximum Gasteiger partial charge on any atom is 0.323 e. The summed E-state index contributed by atoms with van der Waals surface area (Å²) in [5.41, 5.74) is 0. The Hall–Kier alpha value is -0.570. The number of hydrogen-bond acceptors (Lipinski definition) is 3. The number of hydrogen-bond donors (Lipinski definition) is 0. The molecule has 0 aromatic heterocycles. The summed E-state index contributed by atoms with van der Waals surface area (Å²) in [5.74, 6) is -0.0613. The van der Waals surface area contributed by atoms with E-state index in [1.165, 1.54) is 26.4 Å². The van der Waals surface area contributed by atoms with Crippen LogP contribution < -0.4 is 0 Å². The maximum atomic E-state index is 11.5. The van der Waals surface area contributed by atoms with E-state index in [9.17, 15) is 4.79 Å². The van der Waals surface area contributed by atoms with Gasteiger partial charge in [-0.1, -0.05) is 19.8 Å². The summed E-state index contributed by atoms with van der Waals surface area (Å²) in [6.45, 7) is 4.22. The summed E-state index contributed by atoms with van der Waals surface area (Å²) in [6, 6.07) is 0.00491. The first-order valence-corrected chi connectivity index (χ1v) is 5.61. The molecule has 14 heavy (non-hydrogen) atoms. The highest BCUT2D eigenvalue weighted by Crippen LogP contribution is 2.16. The summed E-state index contributed by atoms with van der Waals surface area (Å²) in [5, 5.41) is 0. The van der Waals surface area contributed by atoms with Gasteiger partial charge in [-0.25, -0.2) is 0 Å². The van der Waals surface area contributed by atoms with Crippen molar-refractivity contribution in [3.05, 3.63) is 0 Å². The van der Waals surface area contributed by atoms with Crippen LogP contribution in [0.4, 0.5) is 0 Å². The van der Waals surface area contributed by atoms with Crippen LogP contribution in [0, 0.1) is 0 Å². The van der Waals surface area contributed by atoms with Crippen LogP contribution in [0.3, 0.4) is 0 Å². The Morgan fingerprint density at radius 1 is 1.36 bits per heavy atom. The summed E-state index contributed by atoms with van der Waals surface area (Å²) in [4.78, 5) is 13.8. The number of likely N-dealkylation sites (tertiary alicyclic amines) is 1. The Kier molecular flexibility index (Phi) is 4.94. The molecule has 3 heteroatoms. The number of piperidine rings is 1. The van der Waals surface area contributed by atoms with Gasteiger partial charge in [0, 0.05) is 0 Å². The van der Waals surface area contributed by atoms with Crippen LogP contribution in [0.15, 0.2) is 0 Å². The molecule has 1 saturated heterocycles. The minimum Gasteiger partial charge on any atom is -0.468 e. The lowest BCUT2D eigenvalue weighted by molar-refractivity contribution is -0.147. The number of methoxy groups -OCH3 is 1. The fraction of sp³-hybridized carbons (Fsp3) is 0.909. The highest BCUT2D eigenvalue weighted by molar-refractivity contribution is 5.75. The van der Waals surface area contributed by atoms with Crippen LogP contribution >= 0.6 is 0 Å². The van der Waals surface area contributed by atoms with Gasteiger partial charge < -0.3 is 4.74 Å². The second-order valence-electron chi connectivity index (χ2n) is 3.92. The molecule has 82 valence electrons. The normalized spacial score (nSPS) is 20.4. The zero-order valence-corrected chi connectivity index (χ0v) is 9.29. The Bertz CT molecular complexity index is 176. The zero-order chi connectivity index (χ0) is 10.4. The second-order valence-corrected chi connectivity index (χ2v) is 3.92. The van der Waals surface area contributed by atoms with Crippen molar-refractivity contribution >= 4 is 5.97 Å². The highest BCUT2D eigenvalue weighted by Gasteiger charge is 2.26. The van der Waals surface area contributed by atoms with E-state index in [1.807, 2.05) is 0 Å². The number of rotatable bonds is 4. The molecule has 0 bridgehead atoms. The van der Waals surface area contributed by atoms with Crippen molar-refractivity contribution in [3.63, 3.8) is 0 Å². The molecule has 1 aliphatic rings. The van der Waals surface area contributed by atoms with Gasteiger partial charge in [-0.3, -0.25) is 9.69 Å². The molecule has 1 rings (SSSR count). The van der Waals surface area contributed by atoms with Gasteiger partial charge in [0.15, 0.2) is 0 Å². The van der Waals surface area contributed by atoms with Crippen molar-refractivity contribution < 1.29 is 9.53 Å². The molecule has 0 N–H and O–H groups in total. The smallest absolute Gasteiger partial charge is 0.323 e. The first kappa shape index (κ1) is 11.5. The molecule has 1 fully saturated rings. The van der Waals surface area contributed by atoms with Gasteiger partial charge in [0.05, 0.1) is 7.11 Å². The average Bonchev–Trinajstić information content (AvgIpc) is 2.26. The Morgan fingerprint density at radius 2 is 2.00 bits per heavy atom. The summed E-state index contributed by atoms with van der Waals surface area (Å²) in [7, 11) is 1.48. The molecule has 0 aromatic rings. The fourth-order valence-corrected chi connectivity index (χ4v) is 2.09. The van der Waals surface area contributed by atoms with E-state index in [-0.39, 0.29) is 12.0 Å². The topological polar surface area (TPSA) is 29.5 Å². The lowest BCUT2D eigenvalue weighted by Gasteiger charge is -2.32. The zero-order valence-electron chi connectivity index (χ0n) is 9.29. The number of carbonyl (C=O) groups is 1. The fourth-order valence-electron chi connectivity index (χ4n) is 2.09. The molecule has 0 saturated carbocycles. The predicted octanol–water partition coefficient (Wildman–Crippen LogP) is 1.81. The lowest BCUT2D eigenvalue weighted by Crippen LogP contribution is -2.44. The van der Waals surface area contributed by atoms with Gasteiger partial charge in [-0.05, 0) is 32.4 Å². The second kappa shape index (κ2) is 6.02. The van der Waals surface area contributed by atoms with E-state index in [0.717, 1.165) is 25.9 Å². The van der Waals surface area contributed by atoms with Crippen LogP contribution in [0.2, 0.25) is 0 Å². The standard InChI is InChI=1S/C11H21NO2/c1-3-7-10(11(13)14-2)12-8-5-4-6-9-12/h10H,3-9H2,1-2H3. The van der Waals surface area contributed by atoms with E-state index in [2.05, 4.69) is 11.8 Å². The van der Waals surface area contributed by atoms with Crippen molar-refractivity contribution in [2.75, 3.05) is 20.2 Å². The van der Waals surface area contributed by atoms with Crippen LogP contribution in [0.1, 0.15) is 39.0 Å². The van der Waals surface area contributed by atoms with Crippen molar-refractivity contribution in [1.29, 1.82) is 0 Å². The number of esters is 1. The third-order valence-corrected chi connectivity index (χ3v) is 2.87. The molecule has 1 unspecified atom stereocenters. The van der Waals surface area contributed by atoms with Crippen molar-refractivity contribution in [2.45, 2.75) is 45.1 Å². The molecule has 1 aliphatic heterocycles. The van der Waals surface area contributed by atoms with Gasteiger partial charge in [0.2, 0.25) is 0 Å². The van der Waals surface area contributed by atoms with E-state index >= 15 is 0 Å². The third kappa shape index (κ3) is 2.98. The van der Waals surface area contributed by atoms with Crippen LogP contribution in [0.25, 0.3) is 0 Å². The summed E-state index contributed by atoms with van der Waals surface area (Å²) in [6.07, 6.45) is 5.70.